The molecule has 2 aromatic heterocycles. The van der Waals surface area contributed by atoms with Crippen LogP contribution in [-0.4, -0.2) is 31.3 Å². The van der Waals surface area contributed by atoms with Crippen molar-refractivity contribution in [1.82, 2.24) is 30.5 Å². The number of hydrogen-bond donors (Lipinski definition) is 1. The summed E-state index contributed by atoms with van der Waals surface area (Å²) in [5.74, 6) is 1.24. The first-order valence-corrected chi connectivity index (χ1v) is 11.2. The van der Waals surface area contributed by atoms with E-state index in [-0.39, 0.29) is 12.0 Å². The Kier molecular flexibility index (Phi) is 6.27. The molecule has 32 heavy (non-hydrogen) atoms. The minimum Gasteiger partial charge on any atom is -0.410 e. The maximum absolute atomic E-state index is 12.6. The summed E-state index contributed by atoms with van der Waals surface area (Å²) in [5, 5.41) is 16.8. The Morgan fingerprint density at radius 1 is 1.09 bits per heavy atom. The molecule has 0 saturated heterocycles. The van der Waals surface area contributed by atoms with Crippen molar-refractivity contribution < 1.29 is 9.53 Å². The second-order valence-corrected chi connectivity index (χ2v) is 8.57. The lowest BCUT2D eigenvalue weighted by Crippen LogP contribution is -2.29. The van der Waals surface area contributed by atoms with E-state index in [2.05, 4.69) is 25.8 Å². The molecule has 0 fully saturated rings. The smallest absolute Gasteiger partial charge is 0.410 e. The molecule has 1 N–H and O–H groups in total. The first-order chi connectivity index (χ1) is 15.4. The van der Waals surface area contributed by atoms with Gasteiger partial charge in [0.15, 0.2) is 5.82 Å². The molecule has 1 atom stereocenters. The third-order valence-corrected chi connectivity index (χ3v) is 5.58. The maximum atomic E-state index is 12.6. The van der Waals surface area contributed by atoms with Gasteiger partial charge in [0, 0.05) is 17.4 Å². The molecule has 0 aliphatic heterocycles. The van der Waals surface area contributed by atoms with Crippen LogP contribution in [0.5, 0.6) is 5.75 Å². The second-order valence-electron chi connectivity index (χ2n) is 7.85. The van der Waals surface area contributed by atoms with Crippen molar-refractivity contribution in [3.05, 3.63) is 70.4 Å². The summed E-state index contributed by atoms with van der Waals surface area (Å²) < 4.78 is 7.32. The SMILES string of the molecule is Cc1ccc(-c2cc(OC(=O)NC(C)c3cscn3)cc(-n3nnnc3C(C)C)c2)cc1. The summed E-state index contributed by atoms with van der Waals surface area (Å²) in [6, 6.07) is 13.5. The third-order valence-electron chi connectivity index (χ3n) is 4.97. The Morgan fingerprint density at radius 2 is 1.88 bits per heavy atom. The van der Waals surface area contributed by atoms with Crippen LogP contribution in [-0.2, 0) is 0 Å². The largest absolute Gasteiger partial charge is 0.413 e. The first-order valence-electron chi connectivity index (χ1n) is 10.3. The zero-order valence-corrected chi connectivity index (χ0v) is 19.1. The molecular weight excluding hydrogens is 424 g/mol. The van der Waals surface area contributed by atoms with E-state index in [9.17, 15) is 4.79 Å². The fourth-order valence-electron chi connectivity index (χ4n) is 3.24. The maximum Gasteiger partial charge on any atom is 0.413 e. The third kappa shape index (κ3) is 4.83. The number of aryl methyl sites for hydroxylation is 1. The van der Waals surface area contributed by atoms with Crippen molar-refractivity contribution in [3.63, 3.8) is 0 Å². The van der Waals surface area contributed by atoms with Crippen molar-refractivity contribution >= 4 is 17.4 Å². The molecular formula is C23H24N6O2S. The van der Waals surface area contributed by atoms with Gasteiger partial charge in [-0.15, -0.1) is 16.4 Å². The number of amides is 1. The number of tetrazole rings is 1. The lowest BCUT2D eigenvalue weighted by Gasteiger charge is -2.14. The molecule has 0 spiro atoms. The zero-order chi connectivity index (χ0) is 22.7. The molecule has 2 heterocycles. The van der Waals surface area contributed by atoms with Gasteiger partial charge in [-0.25, -0.2) is 9.78 Å². The molecule has 2 aromatic carbocycles. The van der Waals surface area contributed by atoms with Crippen LogP contribution in [0, 0.1) is 6.92 Å². The van der Waals surface area contributed by atoms with E-state index in [1.807, 2.05) is 69.5 Å². The summed E-state index contributed by atoms with van der Waals surface area (Å²) in [5.41, 5.74) is 6.29. The molecule has 164 valence electrons. The number of ether oxygens (including phenoxy) is 1. The van der Waals surface area contributed by atoms with Crippen LogP contribution in [0.15, 0.2) is 53.4 Å². The summed E-state index contributed by atoms with van der Waals surface area (Å²) in [6.07, 6.45) is -0.557. The van der Waals surface area contributed by atoms with E-state index in [1.165, 1.54) is 16.9 Å². The van der Waals surface area contributed by atoms with Gasteiger partial charge in [0.25, 0.3) is 0 Å². The highest BCUT2D eigenvalue weighted by molar-refractivity contribution is 7.07. The van der Waals surface area contributed by atoms with E-state index in [0.717, 1.165) is 22.6 Å². The van der Waals surface area contributed by atoms with Gasteiger partial charge < -0.3 is 10.1 Å². The highest BCUT2D eigenvalue weighted by Crippen LogP contribution is 2.29. The Hall–Kier alpha value is -3.59. The van der Waals surface area contributed by atoms with Crippen molar-refractivity contribution in [1.29, 1.82) is 0 Å². The van der Waals surface area contributed by atoms with Crippen LogP contribution >= 0.6 is 11.3 Å². The van der Waals surface area contributed by atoms with Crippen LogP contribution in [0.1, 0.15) is 49.8 Å². The number of aromatic nitrogens is 5. The van der Waals surface area contributed by atoms with E-state index in [1.54, 1.807) is 16.3 Å². The van der Waals surface area contributed by atoms with Crippen LogP contribution in [0.2, 0.25) is 0 Å². The van der Waals surface area contributed by atoms with E-state index < -0.39 is 6.09 Å². The Morgan fingerprint density at radius 3 is 2.56 bits per heavy atom. The summed E-state index contributed by atoms with van der Waals surface area (Å²) in [6.45, 7) is 7.95. The number of rotatable bonds is 6. The normalized spacial score (nSPS) is 12.0. The van der Waals surface area contributed by atoms with Crippen molar-refractivity contribution in [2.45, 2.75) is 39.7 Å². The van der Waals surface area contributed by atoms with Crippen molar-refractivity contribution in [2.75, 3.05) is 0 Å². The molecule has 9 heteroatoms. The Bertz CT molecular complexity index is 1200. The van der Waals surface area contributed by atoms with Gasteiger partial charge in [-0.1, -0.05) is 43.7 Å². The molecule has 8 nitrogen and oxygen atoms in total. The minimum atomic E-state index is -0.557. The number of carbonyl (C=O) groups is 1. The minimum absolute atomic E-state index is 0.125. The quantitative estimate of drug-likeness (QED) is 0.443. The average Bonchev–Trinajstić information content (AvgIpc) is 3.46. The topological polar surface area (TPSA) is 94.8 Å². The zero-order valence-electron chi connectivity index (χ0n) is 18.3. The second kappa shape index (κ2) is 9.27. The van der Waals surface area contributed by atoms with Crippen LogP contribution < -0.4 is 10.1 Å². The number of thiazole rings is 1. The molecule has 4 rings (SSSR count). The van der Waals surface area contributed by atoms with Gasteiger partial charge in [-0.2, -0.15) is 4.68 Å². The highest BCUT2D eigenvalue weighted by atomic mass is 32.1. The fourth-order valence-corrected chi connectivity index (χ4v) is 3.89. The summed E-state index contributed by atoms with van der Waals surface area (Å²) in [4.78, 5) is 16.8. The first kappa shape index (κ1) is 21.6. The fraction of sp³-hybridized carbons (Fsp3) is 0.261. The molecule has 0 saturated carbocycles. The van der Waals surface area contributed by atoms with E-state index in [0.29, 0.717) is 11.4 Å². The predicted octanol–water partition coefficient (Wildman–Crippen LogP) is 5.07. The Labute approximate surface area is 190 Å². The summed E-state index contributed by atoms with van der Waals surface area (Å²) >= 11 is 1.48. The number of carbonyl (C=O) groups excluding carboxylic acids is 1. The Balaban J connectivity index is 1.67. The van der Waals surface area contributed by atoms with Crippen LogP contribution in [0.3, 0.4) is 0 Å². The van der Waals surface area contributed by atoms with E-state index >= 15 is 0 Å². The predicted molar refractivity (Wildman–Crippen MR) is 123 cm³/mol. The number of nitrogens with one attached hydrogen (secondary N) is 1. The van der Waals surface area contributed by atoms with Gasteiger partial charge >= 0.3 is 6.09 Å². The van der Waals surface area contributed by atoms with Gasteiger partial charge in [-0.05, 0) is 47.5 Å². The molecule has 0 bridgehead atoms. The van der Waals surface area contributed by atoms with Gasteiger partial charge in [-0.3, -0.25) is 0 Å². The molecule has 0 radical (unpaired) electrons. The molecule has 0 aliphatic rings. The average molecular weight is 449 g/mol. The number of nitrogens with zero attached hydrogens (tertiary/aromatic N) is 5. The molecule has 0 aliphatic carbocycles. The van der Waals surface area contributed by atoms with Gasteiger partial charge in [0.05, 0.1) is 22.9 Å². The van der Waals surface area contributed by atoms with Gasteiger partial charge in [0.1, 0.15) is 5.75 Å². The highest BCUT2D eigenvalue weighted by Gasteiger charge is 2.17. The standard InChI is InChI=1S/C23H24N6O2S/c1-14(2)22-26-27-28-29(22)19-9-18(17-7-5-15(3)6-8-17)10-20(11-19)31-23(30)25-16(4)21-12-32-13-24-21/h5-14,16H,1-4H3,(H,25,30). The van der Waals surface area contributed by atoms with E-state index in [4.69, 9.17) is 4.74 Å². The van der Waals surface area contributed by atoms with Crippen molar-refractivity contribution in [2.24, 2.45) is 0 Å². The van der Waals surface area contributed by atoms with Crippen LogP contribution in [0.4, 0.5) is 4.79 Å². The molecule has 4 aromatic rings. The van der Waals surface area contributed by atoms with Gasteiger partial charge in [0.2, 0.25) is 0 Å². The molecule has 1 amide bonds. The summed E-state index contributed by atoms with van der Waals surface area (Å²) in [7, 11) is 0. The lowest BCUT2D eigenvalue weighted by atomic mass is 10.0. The monoisotopic (exact) mass is 448 g/mol. The number of benzene rings is 2. The van der Waals surface area contributed by atoms with Crippen molar-refractivity contribution in [3.8, 4) is 22.6 Å². The lowest BCUT2D eigenvalue weighted by molar-refractivity contribution is 0.197. The van der Waals surface area contributed by atoms with Crippen LogP contribution in [0.25, 0.3) is 16.8 Å². The molecule has 1 unspecified atom stereocenters. The number of hydrogen-bond acceptors (Lipinski definition) is 7.